The van der Waals surface area contributed by atoms with Crippen LogP contribution >= 0.6 is 0 Å². The third-order valence-corrected chi connectivity index (χ3v) is 5.82. The molecule has 0 bridgehead atoms. The van der Waals surface area contributed by atoms with Gasteiger partial charge in [-0.2, -0.15) is 6.42 Å². The molecule has 0 saturated heterocycles. The van der Waals surface area contributed by atoms with Gasteiger partial charge in [-0.05, 0) is 40.0 Å². The second-order valence-electron chi connectivity index (χ2n) is 8.66. The molecule has 0 amide bonds. The molecule has 0 nitrogen and oxygen atoms in total. The molecule has 2 rings (SSSR count). The zero-order chi connectivity index (χ0) is 19.4. The van der Waals surface area contributed by atoms with Crippen LogP contribution in [0.2, 0.25) is 0 Å². The molecule has 0 radical (unpaired) electrons. The van der Waals surface area contributed by atoms with Crippen molar-refractivity contribution in [3.8, 4) is 0 Å². The monoisotopic (exact) mass is 346 g/mol. The highest BCUT2D eigenvalue weighted by Crippen LogP contribution is 2.37. The maximum absolute atomic E-state index is 4.23. The van der Waals surface area contributed by atoms with Gasteiger partial charge in [0.1, 0.15) is 0 Å². The van der Waals surface area contributed by atoms with Crippen LogP contribution in [0.1, 0.15) is 75.1 Å². The summed E-state index contributed by atoms with van der Waals surface area (Å²) in [5.74, 6) is 0.459. The third-order valence-electron chi connectivity index (χ3n) is 5.82. The highest BCUT2D eigenvalue weighted by Gasteiger charge is 2.25. The molecule has 0 aliphatic heterocycles. The average molecular weight is 347 g/mol. The lowest BCUT2D eigenvalue weighted by Gasteiger charge is -2.32. The fraction of sp³-hybridized carbons (Fsp3) is 0.385. The van der Waals surface area contributed by atoms with Gasteiger partial charge < -0.3 is 6.92 Å². The molecule has 0 aliphatic rings. The van der Waals surface area contributed by atoms with Gasteiger partial charge in [0.05, 0.1) is 13.3 Å². The lowest BCUT2D eigenvalue weighted by molar-refractivity contribution is 0.424. The average Bonchev–Trinajstić information content (AvgIpc) is 2.66. The van der Waals surface area contributed by atoms with E-state index in [1.165, 1.54) is 22.3 Å². The molecule has 0 saturated carbocycles. The Hall–Kier alpha value is -1.95. The molecule has 0 aromatic heterocycles. The fourth-order valence-electron chi connectivity index (χ4n) is 3.54. The first-order valence-electron chi connectivity index (χ1n) is 9.65. The van der Waals surface area contributed by atoms with Crippen molar-refractivity contribution in [1.82, 2.24) is 0 Å². The fourth-order valence-corrected chi connectivity index (χ4v) is 3.54. The zero-order valence-corrected chi connectivity index (χ0v) is 17.0. The molecular weight excluding hydrogens is 312 g/mol. The summed E-state index contributed by atoms with van der Waals surface area (Å²) in [5, 5.41) is 0. The first-order valence-corrected chi connectivity index (χ1v) is 9.65. The van der Waals surface area contributed by atoms with Crippen molar-refractivity contribution < 1.29 is 0 Å². The van der Waals surface area contributed by atoms with Crippen molar-refractivity contribution in [3.05, 3.63) is 91.2 Å². The Labute approximate surface area is 161 Å². The van der Waals surface area contributed by atoms with Crippen LogP contribution in [0.15, 0.2) is 55.1 Å². The summed E-state index contributed by atoms with van der Waals surface area (Å²) in [6, 6.07) is 17.9. The molecule has 0 aliphatic carbocycles. The number of benzene rings is 2. The van der Waals surface area contributed by atoms with Crippen LogP contribution in [0.5, 0.6) is 0 Å². The number of rotatable bonds is 8. The standard InChI is InChI=1S/C26H34/c1-8-20-11-15-24(16-12-20)26(6,7)19-21(9-2)22-13-17-23(18-14-22)25(4,5)10-3/h8,11-18,21H,1-3,9-10,19H2,4-7H3. The largest absolute Gasteiger partial charge is 0.343 e. The van der Waals surface area contributed by atoms with Crippen LogP contribution in [0, 0.1) is 13.8 Å². The summed E-state index contributed by atoms with van der Waals surface area (Å²) in [6.07, 6.45) is 4.79. The van der Waals surface area contributed by atoms with E-state index in [0.717, 1.165) is 19.3 Å². The van der Waals surface area contributed by atoms with Gasteiger partial charge in [-0.3, -0.25) is 0 Å². The summed E-state index contributed by atoms with van der Waals surface area (Å²) in [4.78, 5) is 0. The minimum Gasteiger partial charge on any atom is -0.343 e. The maximum Gasteiger partial charge on any atom is 0.0941 e. The summed E-state index contributed by atoms with van der Waals surface area (Å²) < 4.78 is 0. The molecule has 2 aromatic rings. The first-order chi connectivity index (χ1) is 12.2. The third kappa shape index (κ3) is 4.61. The van der Waals surface area contributed by atoms with Gasteiger partial charge in [0.2, 0.25) is 0 Å². The van der Waals surface area contributed by atoms with Crippen LogP contribution in [0.4, 0.5) is 0 Å². The summed E-state index contributed by atoms with van der Waals surface area (Å²) >= 11 is 0. The Morgan fingerprint density at radius 2 is 1.42 bits per heavy atom. The van der Waals surface area contributed by atoms with Crippen LogP contribution < -0.4 is 0 Å². The molecule has 26 heavy (non-hydrogen) atoms. The van der Waals surface area contributed by atoms with E-state index in [4.69, 9.17) is 0 Å². The molecule has 138 valence electrons. The van der Waals surface area contributed by atoms with Gasteiger partial charge in [0.25, 0.3) is 0 Å². The van der Waals surface area contributed by atoms with Gasteiger partial charge in [-0.25, -0.2) is 0 Å². The van der Waals surface area contributed by atoms with Crippen molar-refractivity contribution in [2.75, 3.05) is 0 Å². The molecule has 1 atom stereocenters. The van der Waals surface area contributed by atoms with E-state index in [0.29, 0.717) is 5.92 Å². The molecule has 1 unspecified atom stereocenters. The minimum atomic E-state index is 0.105. The predicted octanol–water partition coefficient (Wildman–Crippen LogP) is 7.51. The second-order valence-corrected chi connectivity index (χ2v) is 8.66. The summed E-state index contributed by atoms with van der Waals surface area (Å²) in [7, 11) is 0. The van der Waals surface area contributed by atoms with Crippen LogP contribution in [0.3, 0.4) is 0 Å². The molecular formula is C26H34. The zero-order valence-electron chi connectivity index (χ0n) is 17.0. The van der Waals surface area contributed by atoms with E-state index >= 15 is 0 Å². The number of hydrogen-bond acceptors (Lipinski definition) is 0. The van der Waals surface area contributed by atoms with Crippen molar-refractivity contribution in [1.29, 1.82) is 0 Å². The van der Waals surface area contributed by atoms with E-state index in [9.17, 15) is 0 Å². The minimum absolute atomic E-state index is 0.105. The molecule has 0 heterocycles. The highest BCUT2D eigenvalue weighted by molar-refractivity contribution is 5.48. The molecule has 0 spiro atoms. The van der Waals surface area contributed by atoms with Crippen LogP contribution in [-0.2, 0) is 10.8 Å². The maximum atomic E-state index is 4.23. The molecule has 0 N–H and O–H groups in total. The quantitative estimate of drug-likeness (QED) is 0.434. The Bertz CT molecular complexity index is 699. The van der Waals surface area contributed by atoms with Crippen molar-refractivity contribution in [3.63, 3.8) is 0 Å². The normalized spacial score (nSPS) is 13.4. The Kier molecular flexibility index (Phi) is 6.39. The van der Waals surface area contributed by atoms with Crippen LogP contribution in [0.25, 0.3) is 6.08 Å². The van der Waals surface area contributed by atoms with E-state index in [1.807, 2.05) is 6.08 Å². The SMILES string of the molecule is C=Cc1ccc(C(C)(C)CC(C[CH2-])c2ccc(C(C)(C)C[CH2+])cc2)cc1. The van der Waals surface area contributed by atoms with E-state index < -0.39 is 0 Å². The topological polar surface area (TPSA) is 0 Å². The van der Waals surface area contributed by atoms with Crippen molar-refractivity contribution >= 4 is 6.08 Å². The van der Waals surface area contributed by atoms with Crippen molar-refractivity contribution in [2.45, 2.75) is 63.7 Å². The van der Waals surface area contributed by atoms with Gasteiger partial charge in [-0.15, -0.1) is 0 Å². The van der Waals surface area contributed by atoms with Crippen molar-refractivity contribution in [2.24, 2.45) is 0 Å². The summed E-state index contributed by atoms with van der Waals surface area (Å²) in [6.45, 7) is 21.3. The molecule has 2 aromatic carbocycles. The predicted molar refractivity (Wildman–Crippen MR) is 116 cm³/mol. The van der Waals surface area contributed by atoms with Gasteiger partial charge in [0.15, 0.2) is 0 Å². The van der Waals surface area contributed by atoms with Gasteiger partial charge in [-0.1, -0.05) is 88.9 Å². The first kappa shape index (κ1) is 20.4. The Morgan fingerprint density at radius 1 is 0.923 bits per heavy atom. The lowest BCUT2D eigenvalue weighted by atomic mass is 9.74. The van der Waals surface area contributed by atoms with E-state index in [-0.39, 0.29) is 10.8 Å². The Morgan fingerprint density at radius 3 is 1.88 bits per heavy atom. The molecule has 0 fully saturated rings. The number of hydrogen-bond donors (Lipinski definition) is 0. The van der Waals surface area contributed by atoms with Crippen LogP contribution in [-0.4, -0.2) is 0 Å². The van der Waals surface area contributed by atoms with E-state index in [2.05, 4.69) is 96.7 Å². The Balaban J connectivity index is 2.20. The highest BCUT2D eigenvalue weighted by atomic mass is 14.3. The van der Waals surface area contributed by atoms with Gasteiger partial charge >= 0.3 is 0 Å². The smallest absolute Gasteiger partial charge is 0.0941 e. The van der Waals surface area contributed by atoms with Gasteiger partial charge in [0, 0.05) is 5.41 Å². The second kappa shape index (κ2) is 8.16. The van der Waals surface area contributed by atoms with E-state index in [1.54, 1.807) is 0 Å². The molecule has 0 heteroatoms. The lowest BCUT2D eigenvalue weighted by Crippen LogP contribution is -2.21. The summed E-state index contributed by atoms with van der Waals surface area (Å²) in [5.41, 5.74) is 5.52.